The van der Waals surface area contributed by atoms with E-state index >= 15 is 0 Å². The molecule has 0 aromatic heterocycles. The van der Waals surface area contributed by atoms with Gasteiger partial charge in [-0.3, -0.25) is 4.79 Å². The van der Waals surface area contributed by atoms with Crippen LogP contribution in [-0.4, -0.2) is 11.4 Å². The van der Waals surface area contributed by atoms with Gasteiger partial charge in [-0.1, -0.05) is 37.8 Å². The van der Waals surface area contributed by atoms with Gasteiger partial charge in [-0.15, -0.1) is 11.6 Å². The lowest BCUT2D eigenvalue weighted by atomic mass is 9.91. The molecule has 1 fully saturated rings. The SMILES string of the molecule is N#CC1(NC(=O)c2cccc(CCl)c2)CCCCCC1. The maximum Gasteiger partial charge on any atom is 0.252 e. The first kappa shape index (κ1) is 14.9. The molecule has 1 aromatic rings. The molecule has 0 saturated heterocycles. The summed E-state index contributed by atoms with van der Waals surface area (Å²) in [5, 5.41) is 12.4. The Morgan fingerprint density at radius 1 is 1.30 bits per heavy atom. The zero-order valence-corrected chi connectivity index (χ0v) is 12.2. The molecule has 0 atom stereocenters. The van der Waals surface area contributed by atoms with Crippen LogP contribution in [0, 0.1) is 11.3 Å². The number of benzene rings is 1. The average molecular weight is 291 g/mol. The summed E-state index contributed by atoms with van der Waals surface area (Å²) in [5.74, 6) is 0.199. The van der Waals surface area contributed by atoms with Crippen molar-refractivity contribution in [2.45, 2.75) is 49.9 Å². The van der Waals surface area contributed by atoms with Crippen LogP contribution >= 0.6 is 11.6 Å². The maximum absolute atomic E-state index is 12.4. The van der Waals surface area contributed by atoms with Crippen LogP contribution in [0.3, 0.4) is 0 Å². The molecule has 1 aromatic carbocycles. The van der Waals surface area contributed by atoms with Crippen LogP contribution in [0.5, 0.6) is 0 Å². The first-order valence-corrected chi connectivity index (χ1v) is 7.61. The number of nitrogens with zero attached hydrogens (tertiary/aromatic N) is 1. The first-order chi connectivity index (χ1) is 9.69. The van der Waals surface area contributed by atoms with Gasteiger partial charge in [-0.05, 0) is 30.5 Å². The molecular formula is C16H19ClN2O. The molecular weight excluding hydrogens is 272 g/mol. The van der Waals surface area contributed by atoms with Crippen LogP contribution in [0.2, 0.25) is 0 Å². The zero-order valence-electron chi connectivity index (χ0n) is 11.5. The van der Waals surface area contributed by atoms with Crippen LogP contribution in [-0.2, 0) is 5.88 Å². The Kier molecular flexibility index (Phi) is 5.03. The molecule has 4 heteroatoms. The average Bonchev–Trinajstić information content (AvgIpc) is 2.73. The number of carbonyl (C=O) groups is 1. The largest absolute Gasteiger partial charge is 0.334 e. The molecule has 0 aliphatic heterocycles. The van der Waals surface area contributed by atoms with Gasteiger partial charge < -0.3 is 5.32 Å². The molecule has 1 N–H and O–H groups in total. The van der Waals surface area contributed by atoms with Crippen LogP contribution < -0.4 is 5.32 Å². The molecule has 2 rings (SSSR count). The van der Waals surface area contributed by atoms with Crippen molar-refractivity contribution < 1.29 is 4.79 Å². The molecule has 1 aliphatic carbocycles. The number of rotatable bonds is 3. The van der Waals surface area contributed by atoms with Gasteiger partial charge >= 0.3 is 0 Å². The fourth-order valence-corrected chi connectivity index (χ4v) is 2.85. The monoisotopic (exact) mass is 290 g/mol. The fourth-order valence-electron chi connectivity index (χ4n) is 2.68. The molecule has 0 radical (unpaired) electrons. The second kappa shape index (κ2) is 6.76. The lowest BCUT2D eigenvalue weighted by Crippen LogP contribution is -2.47. The quantitative estimate of drug-likeness (QED) is 0.680. The third-order valence-corrected chi connectivity index (χ3v) is 4.18. The lowest BCUT2D eigenvalue weighted by Gasteiger charge is -2.26. The van der Waals surface area contributed by atoms with Gasteiger partial charge in [-0.25, -0.2) is 0 Å². The number of hydrogen-bond donors (Lipinski definition) is 1. The van der Waals surface area contributed by atoms with E-state index in [1.807, 2.05) is 12.1 Å². The number of hydrogen-bond acceptors (Lipinski definition) is 2. The second-order valence-electron chi connectivity index (χ2n) is 5.40. The Morgan fingerprint density at radius 2 is 2.00 bits per heavy atom. The van der Waals surface area contributed by atoms with E-state index in [-0.39, 0.29) is 5.91 Å². The fraction of sp³-hybridized carbons (Fsp3) is 0.500. The third kappa shape index (κ3) is 3.52. The van der Waals surface area contributed by atoms with Gasteiger partial charge in [0, 0.05) is 11.4 Å². The van der Waals surface area contributed by atoms with Crippen LogP contribution in [0.4, 0.5) is 0 Å². The molecule has 0 bridgehead atoms. The summed E-state index contributed by atoms with van der Waals surface area (Å²) >= 11 is 5.79. The van der Waals surface area contributed by atoms with Gasteiger partial charge in [0.2, 0.25) is 0 Å². The Hall–Kier alpha value is -1.53. The van der Waals surface area contributed by atoms with E-state index in [4.69, 9.17) is 11.6 Å². The molecule has 106 valence electrons. The summed E-state index contributed by atoms with van der Waals surface area (Å²) in [6, 6.07) is 9.57. The zero-order chi connectivity index (χ0) is 14.4. The summed E-state index contributed by atoms with van der Waals surface area (Å²) in [6.45, 7) is 0. The Labute approximate surface area is 124 Å². The van der Waals surface area contributed by atoms with Crippen molar-refractivity contribution in [2.24, 2.45) is 0 Å². The van der Waals surface area contributed by atoms with E-state index in [2.05, 4.69) is 11.4 Å². The van der Waals surface area contributed by atoms with Crippen molar-refractivity contribution in [1.29, 1.82) is 5.26 Å². The van der Waals surface area contributed by atoms with Crippen molar-refractivity contribution in [3.8, 4) is 6.07 Å². The summed E-state index contributed by atoms with van der Waals surface area (Å²) < 4.78 is 0. The van der Waals surface area contributed by atoms with E-state index in [1.165, 1.54) is 0 Å². The highest BCUT2D eigenvalue weighted by Gasteiger charge is 2.32. The number of nitriles is 1. The number of halogens is 1. The minimum absolute atomic E-state index is 0.180. The van der Waals surface area contributed by atoms with Crippen molar-refractivity contribution in [3.63, 3.8) is 0 Å². The highest BCUT2D eigenvalue weighted by atomic mass is 35.5. The van der Waals surface area contributed by atoms with Crippen molar-refractivity contribution in [1.82, 2.24) is 5.32 Å². The van der Waals surface area contributed by atoms with E-state index in [0.717, 1.165) is 44.1 Å². The third-order valence-electron chi connectivity index (χ3n) is 3.87. The van der Waals surface area contributed by atoms with Gasteiger partial charge in [0.05, 0.1) is 6.07 Å². The van der Waals surface area contributed by atoms with E-state index in [0.29, 0.717) is 11.4 Å². The van der Waals surface area contributed by atoms with E-state index < -0.39 is 5.54 Å². The molecule has 3 nitrogen and oxygen atoms in total. The molecule has 0 spiro atoms. The normalized spacial score (nSPS) is 17.8. The van der Waals surface area contributed by atoms with E-state index in [9.17, 15) is 10.1 Å². The number of amides is 1. The summed E-state index contributed by atoms with van der Waals surface area (Å²) in [6.07, 6.45) is 5.75. The Morgan fingerprint density at radius 3 is 2.60 bits per heavy atom. The van der Waals surface area contributed by atoms with Gasteiger partial charge in [0.25, 0.3) is 5.91 Å². The van der Waals surface area contributed by atoms with Crippen LogP contribution in [0.25, 0.3) is 0 Å². The number of carbonyl (C=O) groups excluding carboxylic acids is 1. The molecule has 0 heterocycles. The molecule has 1 aliphatic rings. The van der Waals surface area contributed by atoms with Crippen LogP contribution in [0.1, 0.15) is 54.4 Å². The summed E-state index contributed by atoms with van der Waals surface area (Å²) in [4.78, 5) is 12.4. The van der Waals surface area contributed by atoms with Gasteiger partial charge in [0.1, 0.15) is 5.54 Å². The highest BCUT2D eigenvalue weighted by molar-refractivity contribution is 6.17. The molecule has 1 amide bonds. The second-order valence-corrected chi connectivity index (χ2v) is 5.66. The minimum Gasteiger partial charge on any atom is -0.334 e. The minimum atomic E-state index is -0.704. The number of nitrogens with one attached hydrogen (secondary N) is 1. The summed E-state index contributed by atoms with van der Waals surface area (Å²) in [7, 11) is 0. The van der Waals surface area contributed by atoms with Crippen molar-refractivity contribution in [3.05, 3.63) is 35.4 Å². The van der Waals surface area contributed by atoms with Gasteiger partial charge in [-0.2, -0.15) is 5.26 Å². The number of alkyl halides is 1. The Balaban J connectivity index is 2.14. The molecule has 20 heavy (non-hydrogen) atoms. The Bertz CT molecular complexity index is 513. The lowest BCUT2D eigenvalue weighted by molar-refractivity contribution is 0.0913. The standard InChI is InChI=1S/C16H19ClN2O/c17-11-13-6-5-7-14(10-13)15(20)19-16(12-18)8-3-1-2-4-9-16/h5-7,10H,1-4,8-9,11H2,(H,19,20). The first-order valence-electron chi connectivity index (χ1n) is 7.08. The maximum atomic E-state index is 12.4. The van der Waals surface area contributed by atoms with Gasteiger partial charge in [0.15, 0.2) is 0 Å². The molecule has 1 saturated carbocycles. The van der Waals surface area contributed by atoms with Crippen molar-refractivity contribution in [2.75, 3.05) is 0 Å². The smallest absolute Gasteiger partial charge is 0.252 e. The van der Waals surface area contributed by atoms with E-state index in [1.54, 1.807) is 12.1 Å². The summed E-state index contributed by atoms with van der Waals surface area (Å²) in [5.41, 5.74) is 0.776. The molecule has 0 unspecified atom stereocenters. The topological polar surface area (TPSA) is 52.9 Å². The van der Waals surface area contributed by atoms with Crippen LogP contribution in [0.15, 0.2) is 24.3 Å². The predicted octanol–water partition coefficient (Wildman–Crippen LogP) is 3.77. The van der Waals surface area contributed by atoms with Crippen molar-refractivity contribution >= 4 is 17.5 Å². The predicted molar refractivity (Wildman–Crippen MR) is 79.5 cm³/mol. The highest BCUT2D eigenvalue weighted by Crippen LogP contribution is 2.27.